The monoisotopic (exact) mass is 334 g/mol. The Morgan fingerprint density at radius 3 is 2.48 bits per heavy atom. The van der Waals surface area contributed by atoms with E-state index in [4.69, 9.17) is 16.9 Å². The van der Waals surface area contributed by atoms with Crippen molar-refractivity contribution in [2.45, 2.75) is 19.9 Å². The summed E-state index contributed by atoms with van der Waals surface area (Å²) in [7, 11) is 0. The first kappa shape index (κ1) is 17.3. The molecule has 1 aliphatic rings. The summed E-state index contributed by atoms with van der Waals surface area (Å²) in [5.41, 5.74) is 0.936. The van der Waals surface area contributed by atoms with Gasteiger partial charge in [0.05, 0.1) is 16.6 Å². The van der Waals surface area contributed by atoms with E-state index in [0.29, 0.717) is 42.5 Å². The minimum absolute atomic E-state index is 0.0639. The van der Waals surface area contributed by atoms with Crippen molar-refractivity contribution in [2.24, 2.45) is 0 Å². The van der Waals surface area contributed by atoms with Crippen LogP contribution in [0, 0.1) is 11.3 Å². The van der Waals surface area contributed by atoms with Gasteiger partial charge in [0.15, 0.2) is 0 Å². The fourth-order valence-corrected chi connectivity index (χ4v) is 2.74. The lowest BCUT2D eigenvalue weighted by molar-refractivity contribution is -0.131. The maximum Gasteiger partial charge on any atom is 0.241 e. The quantitative estimate of drug-likeness (QED) is 0.912. The highest BCUT2D eigenvalue weighted by molar-refractivity contribution is 6.32. The molecule has 2 rings (SSSR count). The fraction of sp³-hybridized carbons (Fsp3) is 0.438. The Bertz CT molecular complexity index is 648. The molecule has 0 spiro atoms. The van der Waals surface area contributed by atoms with Crippen LogP contribution in [0.15, 0.2) is 18.2 Å². The van der Waals surface area contributed by atoms with E-state index in [-0.39, 0.29) is 17.9 Å². The lowest BCUT2D eigenvalue weighted by Crippen LogP contribution is -2.53. The molecule has 1 N–H and O–H groups in total. The van der Waals surface area contributed by atoms with Crippen molar-refractivity contribution in [3.05, 3.63) is 28.8 Å². The second-order valence-electron chi connectivity index (χ2n) is 5.51. The van der Waals surface area contributed by atoms with Crippen molar-refractivity contribution < 1.29 is 9.59 Å². The zero-order valence-corrected chi connectivity index (χ0v) is 13.9. The number of anilines is 1. The van der Waals surface area contributed by atoms with E-state index >= 15 is 0 Å². The summed E-state index contributed by atoms with van der Waals surface area (Å²) < 4.78 is 0. The van der Waals surface area contributed by atoms with E-state index in [0.717, 1.165) is 0 Å². The van der Waals surface area contributed by atoms with E-state index in [1.54, 1.807) is 30.0 Å². The number of carbonyl (C=O) groups excluding carboxylic acids is 2. The van der Waals surface area contributed by atoms with Crippen LogP contribution in [0.4, 0.5) is 5.69 Å². The molecule has 1 aliphatic heterocycles. The molecule has 23 heavy (non-hydrogen) atoms. The third kappa shape index (κ3) is 4.21. The SMILES string of the molecule is CC(=O)N1CCN([C@@H](C)C(=O)Nc2ccc(C#N)c(Cl)c2)CC1. The summed E-state index contributed by atoms with van der Waals surface area (Å²) >= 11 is 5.97. The number of carbonyl (C=O) groups is 2. The van der Waals surface area contributed by atoms with Gasteiger partial charge >= 0.3 is 0 Å². The second-order valence-corrected chi connectivity index (χ2v) is 5.92. The zero-order chi connectivity index (χ0) is 17.0. The van der Waals surface area contributed by atoms with Crippen molar-refractivity contribution in [3.63, 3.8) is 0 Å². The van der Waals surface area contributed by atoms with Crippen LogP contribution in [0.5, 0.6) is 0 Å². The average Bonchev–Trinajstić information content (AvgIpc) is 2.54. The van der Waals surface area contributed by atoms with Crippen molar-refractivity contribution in [3.8, 4) is 6.07 Å². The van der Waals surface area contributed by atoms with Crippen LogP contribution in [0.25, 0.3) is 0 Å². The Morgan fingerprint density at radius 2 is 1.96 bits per heavy atom. The van der Waals surface area contributed by atoms with E-state index in [1.165, 1.54) is 0 Å². The number of hydrogen-bond acceptors (Lipinski definition) is 4. The number of halogens is 1. The van der Waals surface area contributed by atoms with Crippen LogP contribution in [0.2, 0.25) is 5.02 Å². The number of amides is 2. The summed E-state index contributed by atoms with van der Waals surface area (Å²) in [6, 6.07) is 6.47. The lowest BCUT2D eigenvalue weighted by Gasteiger charge is -2.37. The van der Waals surface area contributed by atoms with Gasteiger partial charge in [-0.25, -0.2) is 0 Å². The fourth-order valence-electron chi connectivity index (χ4n) is 2.52. The molecule has 1 atom stereocenters. The first-order valence-corrected chi connectivity index (χ1v) is 7.80. The highest BCUT2D eigenvalue weighted by Crippen LogP contribution is 2.20. The normalized spacial score (nSPS) is 16.5. The van der Waals surface area contributed by atoms with Gasteiger partial charge in [-0.1, -0.05) is 11.6 Å². The Labute approximate surface area is 140 Å². The lowest BCUT2D eigenvalue weighted by atomic mass is 10.2. The van der Waals surface area contributed by atoms with Crippen LogP contribution in [-0.2, 0) is 9.59 Å². The first-order valence-electron chi connectivity index (χ1n) is 7.42. The van der Waals surface area contributed by atoms with Crippen LogP contribution < -0.4 is 5.32 Å². The van der Waals surface area contributed by atoms with Crippen LogP contribution >= 0.6 is 11.6 Å². The van der Waals surface area contributed by atoms with E-state index < -0.39 is 0 Å². The molecule has 1 saturated heterocycles. The topological polar surface area (TPSA) is 76.4 Å². The number of benzene rings is 1. The van der Waals surface area contributed by atoms with Gasteiger partial charge in [-0.3, -0.25) is 14.5 Å². The Morgan fingerprint density at radius 1 is 1.30 bits per heavy atom. The molecule has 0 bridgehead atoms. The molecule has 0 saturated carbocycles. The maximum absolute atomic E-state index is 12.4. The standard InChI is InChI=1S/C16H19ClN4O2/c1-11(20-5-7-21(8-6-20)12(2)22)16(23)19-14-4-3-13(10-18)15(17)9-14/h3-4,9,11H,5-8H2,1-2H3,(H,19,23)/t11-/m0/s1. The van der Waals surface area contributed by atoms with Gasteiger partial charge in [0, 0.05) is 38.8 Å². The molecule has 2 amide bonds. The van der Waals surface area contributed by atoms with E-state index in [1.807, 2.05) is 17.9 Å². The summed E-state index contributed by atoms with van der Waals surface area (Å²) in [4.78, 5) is 27.5. The molecule has 6 nitrogen and oxygen atoms in total. The van der Waals surface area contributed by atoms with Crippen LogP contribution in [-0.4, -0.2) is 53.8 Å². The summed E-state index contributed by atoms with van der Waals surface area (Å²) in [6.45, 7) is 6.00. The predicted molar refractivity (Wildman–Crippen MR) is 88.1 cm³/mol. The molecular weight excluding hydrogens is 316 g/mol. The average molecular weight is 335 g/mol. The largest absolute Gasteiger partial charge is 0.340 e. The van der Waals surface area contributed by atoms with Crippen molar-refractivity contribution in [1.29, 1.82) is 5.26 Å². The molecule has 1 fully saturated rings. The van der Waals surface area contributed by atoms with Crippen molar-refractivity contribution in [1.82, 2.24) is 9.80 Å². The zero-order valence-electron chi connectivity index (χ0n) is 13.2. The molecule has 0 aliphatic carbocycles. The number of hydrogen-bond donors (Lipinski definition) is 1. The highest BCUT2D eigenvalue weighted by Gasteiger charge is 2.26. The minimum atomic E-state index is -0.307. The number of rotatable bonds is 3. The number of piperazine rings is 1. The van der Waals surface area contributed by atoms with E-state index in [2.05, 4.69) is 5.32 Å². The van der Waals surface area contributed by atoms with Crippen molar-refractivity contribution >= 4 is 29.1 Å². The smallest absolute Gasteiger partial charge is 0.241 e. The third-order valence-corrected chi connectivity index (χ3v) is 4.36. The highest BCUT2D eigenvalue weighted by atomic mass is 35.5. The van der Waals surface area contributed by atoms with Gasteiger partial charge in [0.1, 0.15) is 6.07 Å². The van der Waals surface area contributed by atoms with Gasteiger partial charge in [-0.2, -0.15) is 5.26 Å². The molecule has 0 aromatic heterocycles. The molecule has 1 heterocycles. The summed E-state index contributed by atoms with van der Waals surface area (Å²) in [5.74, 6) is -0.0731. The van der Waals surface area contributed by atoms with Gasteiger partial charge < -0.3 is 10.2 Å². The molecule has 1 aromatic carbocycles. The third-order valence-electron chi connectivity index (χ3n) is 4.04. The molecule has 7 heteroatoms. The number of nitriles is 1. The van der Waals surface area contributed by atoms with Gasteiger partial charge in [0.2, 0.25) is 11.8 Å². The predicted octanol–water partition coefficient (Wildman–Crippen LogP) is 1.70. The Kier molecular flexibility index (Phi) is 5.59. The number of nitrogens with one attached hydrogen (secondary N) is 1. The maximum atomic E-state index is 12.4. The van der Waals surface area contributed by atoms with Gasteiger partial charge in [-0.05, 0) is 25.1 Å². The molecule has 0 radical (unpaired) electrons. The van der Waals surface area contributed by atoms with Gasteiger partial charge in [0.25, 0.3) is 0 Å². The molecular formula is C16H19ClN4O2. The molecule has 0 unspecified atom stereocenters. The summed E-state index contributed by atoms with van der Waals surface area (Å²) in [5, 5.41) is 12.0. The van der Waals surface area contributed by atoms with Gasteiger partial charge in [-0.15, -0.1) is 0 Å². The molecule has 1 aromatic rings. The number of nitrogens with zero attached hydrogens (tertiary/aromatic N) is 3. The second kappa shape index (κ2) is 7.44. The van der Waals surface area contributed by atoms with Crippen molar-refractivity contribution in [2.75, 3.05) is 31.5 Å². The van der Waals surface area contributed by atoms with Crippen LogP contribution in [0.3, 0.4) is 0 Å². The minimum Gasteiger partial charge on any atom is -0.340 e. The molecule has 122 valence electrons. The van der Waals surface area contributed by atoms with Crippen LogP contribution in [0.1, 0.15) is 19.4 Å². The Balaban J connectivity index is 1.94. The Hall–Kier alpha value is -2.10. The summed E-state index contributed by atoms with van der Waals surface area (Å²) in [6.07, 6.45) is 0. The van der Waals surface area contributed by atoms with E-state index in [9.17, 15) is 9.59 Å². The first-order chi connectivity index (χ1) is 10.9.